The number of amides is 1. The fourth-order valence-corrected chi connectivity index (χ4v) is 2.27. The first-order valence-electron chi connectivity index (χ1n) is 7.58. The quantitative estimate of drug-likeness (QED) is 0.811. The minimum atomic E-state index is -1.00. The number of carbonyl (C=O) groups excluding carboxylic acids is 1. The molecule has 2 N–H and O–H groups in total. The third-order valence-corrected chi connectivity index (χ3v) is 3.59. The van der Waals surface area contributed by atoms with Gasteiger partial charge < -0.3 is 15.2 Å². The van der Waals surface area contributed by atoms with Crippen molar-refractivity contribution >= 4 is 11.9 Å². The molecule has 0 atom stereocenters. The molecule has 0 fully saturated rings. The van der Waals surface area contributed by atoms with Crippen molar-refractivity contribution in [1.29, 1.82) is 0 Å². The summed E-state index contributed by atoms with van der Waals surface area (Å²) in [5.74, 6) is -0.575. The lowest BCUT2D eigenvalue weighted by Gasteiger charge is -2.10. The first kappa shape index (κ1) is 17.5. The van der Waals surface area contributed by atoms with Crippen LogP contribution < -0.4 is 10.1 Å². The number of carboxylic acid groups (broad SMARTS) is 1. The molecule has 0 bridgehead atoms. The number of aromatic nitrogens is 1. The predicted molar refractivity (Wildman–Crippen MR) is 89.3 cm³/mol. The average molecular weight is 328 g/mol. The minimum absolute atomic E-state index is 0.0817. The van der Waals surface area contributed by atoms with Crippen molar-refractivity contribution in [2.45, 2.75) is 19.8 Å². The molecule has 1 heterocycles. The number of carbonyl (C=O) groups is 2. The van der Waals surface area contributed by atoms with Crippen LogP contribution in [0.25, 0.3) is 0 Å². The van der Waals surface area contributed by atoms with Crippen molar-refractivity contribution < 1.29 is 19.4 Å². The smallest absolute Gasteiger partial charge is 0.335 e. The highest BCUT2D eigenvalue weighted by Crippen LogP contribution is 2.20. The maximum Gasteiger partial charge on any atom is 0.335 e. The molecular weight excluding hydrogens is 308 g/mol. The zero-order valence-corrected chi connectivity index (χ0v) is 13.7. The van der Waals surface area contributed by atoms with Gasteiger partial charge >= 0.3 is 5.97 Å². The van der Waals surface area contributed by atoms with Gasteiger partial charge in [0.1, 0.15) is 5.75 Å². The molecule has 0 aliphatic rings. The highest BCUT2D eigenvalue weighted by molar-refractivity contribution is 5.88. The monoisotopic (exact) mass is 328 g/mol. The van der Waals surface area contributed by atoms with Crippen molar-refractivity contribution in [2.24, 2.45) is 0 Å². The summed E-state index contributed by atoms with van der Waals surface area (Å²) in [6, 6.07) is 8.48. The van der Waals surface area contributed by atoms with E-state index in [9.17, 15) is 9.59 Å². The lowest BCUT2D eigenvalue weighted by molar-refractivity contribution is -0.120. The molecule has 0 spiro atoms. The molecule has 2 aromatic rings. The van der Waals surface area contributed by atoms with E-state index in [1.165, 1.54) is 19.2 Å². The third-order valence-electron chi connectivity index (χ3n) is 3.59. The number of nitrogens with one attached hydrogen (secondary N) is 1. The second kappa shape index (κ2) is 8.10. The first-order valence-corrected chi connectivity index (χ1v) is 7.58. The second-order valence-electron chi connectivity index (χ2n) is 5.42. The van der Waals surface area contributed by atoms with E-state index in [0.29, 0.717) is 18.7 Å². The van der Waals surface area contributed by atoms with E-state index in [1.807, 2.05) is 19.1 Å². The summed E-state index contributed by atoms with van der Waals surface area (Å²) < 4.78 is 5.22. The molecule has 0 saturated carbocycles. The molecule has 1 aromatic heterocycles. The molecular formula is C18H20N2O4. The van der Waals surface area contributed by atoms with Crippen LogP contribution in [0.5, 0.6) is 5.75 Å². The second-order valence-corrected chi connectivity index (χ2v) is 5.42. The van der Waals surface area contributed by atoms with Crippen molar-refractivity contribution in [3.05, 3.63) is 58.9 Å². The molecule has 0 aliphatic carbocycles. The van der Waals surface area contributed by atoms with Crippen LogP contribution in [0.15, 0.2) is 36.5 Å². The number of hydrogen-bond donors (Lipinski definition) is 2. The van der Waals surface area contributed by atoms with Gasteiger partial charge in [-0.25, -0.2) is 4.79 Å². The number of carboxylic acids is 1. The SMILES string of the molecule is COc1cc(C(=O)O)ccc1CCNC(=O)Cc1ccc(C)nc1. The molecule has 126 valence electrons. The Morgan fingerprint density at radius 2 is 2.04 bits per heavy atom. The van der Waals surface area contributed by atoms with E-state index in [2.05, 4.69) is 10.3 Å². The van der Waals surface area contributed by atoms with Gasteiger partial charge in [-0.05, 0) is 42.7 Å². The molecule has 6 nitrogen and oxygen atoms in total. The molecule has 1 aromatic carbocycles. The topological polar surface area (TPSA) is 88.5 Å². The number of aromatic carboxylic acids is 1. The van der Waals surface area contributed by atoms with E-state index in [-0.39, 0.29) is 17.9 Å². The maximum absolute atomic E-state index is 11.9. The summed E-state index contributed by atoms with van der Waals surface area (Å²) >= 11 is 0. The number of pyridine rings is 1. The molecule has 0 saturated heterocycles. The van der Waals surface area contributed by atoms with Gasteiger partial charge in [-0.2, -0.15) is 0 Å². The van der Waals surface area contributed by atoms with Crippen molar-refractivity contribution in [2.75, 3.05) is 13.7 Å². The largest absolute Gasteiger partial charge is 0.496 e. The Bertz CT molecular complexity index is 726. The Balaban J connectivity index is 1.88. The van der Waals surface area contributed by atoms with Gasteiger partial charge in [0.2, 0.25) is 5.91 Å². The van der Waals surface area contributed by atoms with E-state index in [1.54, 1.807) is 12.3 Å². The number of methoxy groups -OCH3 is 1. The van der Waals surface area contributed by atoms with E-state index < -0.39 is 5.97 Å². The summed E-state index contributed by atoms with van der Waals surface area (Å²) in [5.41, 5.74) is 2.80. The minimum Gasteiger partial charge on any atom is -0.496 e. The van der Waals surface area contributed by atoms with E-state index in [0.717, 1.165) is 16.8 Å². The van der Waals surface area contributed by atoms with Crippen molar-refractivity contribution in [1.82, 2.24) is 10.3 Å². The van der Waals surface area contributed by atoms with Gasteiger partial charge in [-0.15, -0.1) is 0 Å². The van der Waals surface area contributed by atoms with Crippen LogP contribution in [0.1, 0.15) is 27.2 Å². The summed E-state index contributed by atoms with van der Waals surface area (Å²) in [7, 11) is 1.49. The molecule has 24 heavy (non-hydrogen) atoms. The van der Waals surface area contributed by atoms with Gasteiger partial charge in [0.15, 0.2) is 0 Å². The Morgan fingerprint density at radius 1 is 1.25 bits per heavy atom. The van der Waals surface area contributed by atoms with Crippen LogP contribution in [-0.2, 0) is 17.6 Å². The number of hydrogen-bond acceptors (Lipinski definition) is 4. The number of ether oxygens (including phenoxy) is 1. The van der Waals surface area contributed by atoms with E-state index >= 15 is 0 Å². The van der Waals surface area contributed by atoms with Crippen LogP contribution in [0.2, 0.25) is 0 Å². The highest BCUT2D eigenvalue weighted by Gasteiger charge is 2.09. The maximum atomic E-state index is 11.9. The number of benzene rings is 1. The Kier molecular flexibility index (Phi) is 5.89. The van der Waals surface area contributed by atoms with Gasteiger partial charge in [-0.1, -0.05) is 12.1 Å². The first-order chi connectivity index (χ1) is 11.5. The lowest BCUT2D eigenvalue weighted by Crippen LogP contribution is -2.27. The van der Waals surface area contributed by atoms with E-state index in [4.69, 9.17) is 9.84 Å². The summed E-state index contributed by atoms with van der Waals surface area (Å²) in [5, 5.41) is 11.8. The van der Waals surface area contributed by atoms with Crippen LogP contribution in [0.4, 0.5) is 0 Å². The van der Waals surface area contributed by atoms with Crippen LogP contribution in [0.3, 0.4) is 0 Å². The standard InChI is InChI=1S/C18H20N2O4/c1-12-3-4-13(11-20-12)9-17(21)19-8-7-14-5-6-15(18(22)23)10-16(14)24-2/h3-6,10-11H,7-9H2,1-2H3,(H,19,21)(H,22,23). The third kappa shape index (κ3) is 4.81. The fraction of sp³-hybridized carbons (Fsp3) is 0.278. The Hall–Kier alpha value is -2.89. The summed E-state index contributed by atoms with van der Waals surface area (Å²) in [4.78, 5) is 27.1. The van der Waals surface area contributed by atoms with Crippen LogP contribution in [0, 0.1) is 6.92 Å². The van der Waals surface area contributed by atoms with Crippen molar-refractivity contribution in [3.63, 3.8) is 0 Å². The average Bonchev–Trinajstić information content (AvgIpc) is 2.57. The lowest BCUT2D eigenvalue weighted by atomic mass is 10.1. The van der Waals surface area contributed by atoms with Gasteiger partial charge in [0.05, 0.1) is 19.1 Å². The van der Waals surface area contributed by atoms with Crippen LogP contribution >= 0.6 is 0 Å². The summed E-state index contributed by atoms with van der Waals surface area (Å²) in [6.45, 7) is 2.34. The van der Waals surface area contributed by atoms with Gasteiger partial charge in [0, 0.05) is 18.4 Å². The highest BCUT2D eigenvalue weighted by atomic mass is 16.5. The van der Waals surface area contributed by atoms with Crippen LogP contribution in [-0.4, -0.2) is 35.6 Å². The fourth-order valence-electron chi connectivity index (χ4n) is 2.27. The number of rotatable bonds is 7. The Labute approximate surface area is 140 Å². The predicted octanol–water partition coefficient (Wildman–Crippen LogP) is 2.00. The summed E-state index contributed by atoms with van der Waals surface area (Å²) in [6.07, 6.45) is 2.53. The molecule has 2 rings (SSSR count). The van der Waals surface area contributed by atoms with Gasteiger partial charge in [0.25, 0.3) is 0 Å². The Morgan fingerprint density at radius 3 is 2.67 bits per heavy atom. The molecule has 1 amide bonds. The van der Waals surface area contributed by atoms with Gasteiger partial charge in [-0.3, -0.25) is 9.78 Å². The number of nitrogens with zero attached hydrogens (tertiary/aromatic N) is 1. The van der Waals surface area contributed by atoms with Crippen molar-refractivity contribution in [3.8, 4) is 5.75 Å². The molecule has 6 heteroatoms. The zero-order valence-electron chi connectivity index (χ0n) is 13.7. The number of aryl methyl sites for hydroxylation is 1. The normalized spacial score (nSPS) is 10.2. The molecule has 0 unspecified atom stereocenters. The molecule has 0 radical (unpaired) electrons. The molecule has 0 aliphatic heterocycles. The zero-order chi connectivity index (χ0) is 17.5.